The highest BCUT2D eigenvalue weighted by Crippen LogP contribution is 2.38. The molecule has 1 heterocycles. The molecule has 1 aliphatic rings. The van der Waals surface area contributed by atoms with E-state index in [2.05, 4.69) is 15.9 Å². The molecule has 3 rings (SSSR count). The molecule has 0 aliphatic carbocycles. The number of Topliss-reactive ketones (excluding diaryl/α,β-unsaturated/α-hetero) is 1. The molecule has 1 amide bonds. The molecule has 2 aromatic carbocycles. The van der Waals surface area contributed by atoms with E-state index in [-0.39, 0.29) is 11.7 Å². The molecule has 1 atom stereocenters. The average molecular weight is 437 g/mol. The Bertz CT molecular complexity index is 910. The quantitative estimate of drug-likeness (QED) is 0.620. The van der Waals surface area contributed by atoms with Gasteiger partial charge in [0.2, 0.25) is 0 Å². The van der Waals surface area contributed by atoms with Crippen molar-refractivity contribution in [3.05, 3.63) is 57.0 Å². The van der Waals surface area contributed by atoms with Crippen LogP contribution in [0.1, 0.15) is 42.6 Å². The molecular weight excluding hydrogens is 418 g/mol. The second kappa shape index (κ2) is 6.71. The van der Waals surface area contributed by atoms with Crippen molar-refractivity contribution in [2.24, 2.45) is 0 Å². The van der Waals surface area contributed by atoms with E-state index in [0.29, 0.717) is 22.0 Å². The summed E-state index contributed by atoms with van der Waals surface area (Å²) in [5.41, 5.74) is 0.942. The third-order valence-corrected chi connectivity index (χ3v) is 5.43. The van der Waals surface area contributed by atoms with Crippen molar-refractivity contribution in [2.75, 3.05) is 11.9 Å². The summed E-state index contributed by atoms with van der Waals surface area (Å²) >= 11 is 9.66. The summed E-state index contributed by atoms with van der Waals surface area (Å²) in [6.45, 7) is 5.28. The average Bonchev–Trinajstić information content (AvgIpc) is 2.58. The van der Waals surface area contributed by atoms with Gasteiger partial charge in [-0.05, 0) is 49.7 Å². The third kappa shape index (κ3) is 3.26. The van der Waals surface area contributed by atoms with Crippen LogP contribution in [-0.4, -0.2) is 24.3 Å². The number of carbonyl (C=O) groups excluding carboxylic acids is 2. The topological polar surface area (TPSA) is 46.6 Å². The molecule has 1 unspecified atom stereocenters. The Balaban J connectivity index is 1.96. The summed E-state index contributed by atoms with van der Waals surface area (Å²) in [5.74, 6) is -0.0418. The summed E-state index contributed by atoms with van der Waals surface area (Å²) in [7, 11) is 1.69. The van der Waals surface area contributed by atoms with Crippen LogP contribution in [0.3, 0.4) is 0 Å². The Morgan fingerprint density at radius 3 is 2.58 bits per heavy atom. The van der Waals surface area contributed by atoms with Crippen LogP contribution in [0.15, 0.2) is 40.9 Å². The molecule has 0 saturated carbocycles. The smallest absolute Gasteiger partial charge is 0.270 e. The molecule has 0 saturated heterocycles. The van der Waals surface area contributed by atoms with Gasteiger partial charge in [-0.25, -0.2) is 0 Å². The van der Waals surface area contributed by atoms with Gasteiger partial charge in [0.1, 0.15) is 5.75 Å². The molecule has 136 valence electrons. The third-order valence-electron chi connectivity index (χ3n) is 4.61. The maximum atomic E-state index is 13.0. The zero-order chi connectivity index (χ0) is 19.2. The van der Waals surface area contributed by atoms with Crippen molar-refractivity contribution in [1.82, 2.24) is 0 Å². The number of hydrogen-bond donors (Lipinski definition) is 0. The second-order valence-electron chi connectivity index (χ2n) is 6.91. The van der Waals surface area contributed by atoms with Crippen LogP contribution < -0.4 is 9.64 Å². The Morgan fingerprint density at radius 1 is 1.23 bits per heavy atom. The number of hydrogen-bond acceptors (Lipinski definition) is 3. The van der Waals surface area contributed by atoms with E-state index < -0.39 is 11.5 Å². The first-order chi connectivity index (χ1) is 12.1. The van der Waals surface area contributed by atoms with Gasteiger partial charge in [-0.1, -0.05) is 40.5 Å². The maximum Gasteiger partial charge on any atom is 0.270 e. The zero-order valence-electron chi connectivity index (χ0n) is 15.0. The largest absolute Gasteiger partial charge is 0.476 e. The van der Waals surface area contributed by atoms with E-state index in [4.69, 9.17) is 16.3 Å². The molecule has 4 nitrogen and oxygen atoms in total. The number of benzene rings is 2. The molecule has 2 aromatic rings. The highest BCUT2D eigenvalue weighted by atomic mass is 79.9. The van der Waals surface area contributed by atoms with Crippen LogP contribution in [0.2, 0.25) is 5.02 Å². The minimum absolute atomic E-state index is 0.0669. The van der Waals surface area contributed by atoms with Crippen molar-refractivity contribution in [3.8, 4) is 5.75 Å². The Labute approximate surface area is 166 Å². The Kier molecular flexibility index (Phi) is 4.88. The minimum Gasteiger partial charge on any atom is -0.476 e. The van der Waals surface area contributed by atoms with Gasteiger partial charge in [-0.2, -0.15) is 0 Å². The number of likely N-dealkylation sites (N-methyl/N-ethyl adjacent to an activating group) is 1. The zero-order valence-corrected chi connectivity index (χ0v) is 17.3. The van der Waals surface area contributed by atoms with Gasteiger partial charge in [0.15, 0.2) is 11.4 Å². The number of nitrogens with zero attached hydrogens (tertiary/aromatic N) is 1. The van der Waals surface area contributed by atoms with E-state index in [1.807, 2.05) is 19.1 Å². The van der Waals surface area contributed by atoms with Crippen LogP contribution in [0.25, 0.3) is 0 Å². The lowest BCUT2D eigenvalue weighted by atomic mass is 9.91. The summed E-state index contributed by atoms with van der Waals surface area (Å²) in [6.07, 6.45) is 0. The summed E-state index contributed by atoms with van der Waals surface area (Å²) in [6, 6.07) is 10.6. The highest BCUT2D eigenvalue weighted by molar-refractivity contribution is 9.10. The van der Waals surface area contributed by atoms with Crippen molar-refractivity contribution >= 4 is 44.9 Å². The van der Waals surface area contributed by atoms with Gasteiger partial charge in [0.25, 0.3) is 5.91 Å². The lowest BCUT2D eigenvalue weighted by Crippen LogP contribution is -2.50. The fraction of sp³-hybridized carbons (Fsp3) is 0.300. The van der Waals surface area contributed by atoms with Crippen molar-refractivity contribution in [3.63, 3.8) is 0 Å². The van der Waals surface area contributed by atoms with Crippen LogP contribution in [-0.2, 0) is 4.79 Å². The van der Waals surface area contributed by atoms with E-state index in [1.165, 1.54) is 4.90 Å². The molecule has 0 radical (unpaired) electrons. The maximum absolute atomic E-state index is 13.0. The molecule has 0 N–H and O–H groups in total. The monoisotopic (exact) mass is 435 g/mol. The SMILES string of the molecule is CC(C(=O)c1ccc2c(c1)N(C)C(=O)C(C)(C)O2)c1ccc(Br)cc1Cl. The first-order valence-electron chi connectivity index (χ1n) is 8.22. The summed E-state index contributed by atoms with van der Waals surface area (Å²) in [4.78, 5) is 26.9. The predicted octanol–water partition coefficient (Wildman–Crippen LogP) is 5.22. The number of anilines is 1. The van der Waals surface area contributed by atoms with Crippen LogP contribution in [0, 0.1) is 0 Å². The molecule has 1 aliphatic heterocycles. The predicted molar refractivity (Wildman–Crippen MR) is 106 cm³/mol. The van der Waals surface area contributed by atoms with E-state index >= 15 is 0 Å². The number of rotatable bonds is 3. The van der Waals surface area contributed by atoms with Gasteiger partial charge in [0, 0.05) is 28.0 Å². The van der Waals surface area contributed by atoms with Crippen LogP contribution in [0.5, 0.6) is 5.75 Å². The number of ether oxygens (including phenoxy) is 1. The fourth-order valence-corrected chi connectivity index (χ4v) is 3.93. The van der Waals surface area contributed by atoms with Gasteiger partial charge in [-0.15, -0.1) is 0 Å². The fourth-order valence-electron chi connectivity index (χ4n) is 3.09. The summed E-state index contributed by atoms with van der Waals surface area (Å²) < 4.78 is 6.65. The molecule has 0 bridgehead atoms. The van der Waals surface area contributed by atoms with E-state index in [0.717, 1.165) is 10.0 Å². The molecule has 0 spiro atoms. The second-order valence-corrected chi connectivity index (χ2v) is 8.23. The van der Waals surface area contributed by atoms with Gasteiger partial charge >= 0.3 is 0 Å². The van der Waals surface area contributed by atoms with E-state index in [1.54, 1.807) is 45.2 Å². The standard InChI is InChI=1S/C20H19BrClNO3/c1-11(14-7-6-13(21)10-15(14)22)18(24)12-5-8-17-16(9-12)23(4)19(25)20(2,3)26-17/h5-11H,1-4H3. The minimum atomic E-state index is -0.925. The number of amides is 1. The van der Waals surface area contributed by atoms with Crippen LogP contribution in [0.4, 0.5) is 5.69 Å². The summed E-state index contributed by atoms with van der Waals surface area (Å²) in [5, 5.41) is 0.538. The highest BCUT2D eigenvalue weighted by Gasteiger charge is 2.39. The lowest BCUT2D eigenvalue weighted by molar-refractivity contribution is -0.132. The molecule has 26 heavy (non-hydrogen) atoms. The normalized spacial score (nSPS) is 16.7. The number of fused-ring (bicyclic) bond motifs is 1. The molecule has 6 heteroatoms. The van der Waals surface area contributed by atoms with Crippen molar-refractivity contribution < 1.29 is 14.3 Å². The molecule has 0 aromatic heterocycles. The van der Waals surface area contributed by atoms with Gasteiger partial charge in [0.05, 0.1) is 5.69 Å². The molecule has 0 fully saturated rings. The van der Waals surface area contributed by atoms with Gasteiger partial charge in [-0.3, -0.25) is 9.59 Å². The molecular formula is C20H19BrClNO3. The number of ketones is 1. The first-order valence-corrected chi connectivity index (χ1v) is 9.39. The first kappa shape index (κ1) is 18.9. The Hall–Kier alpha value is -1.85. The van der Waals surface area contributed by atoms with Crippen molar-refractivity contribution in [1.29, 1.82) is 0 Å². The van der Waals surface area contributed by atoms with Gasteiger partial charge < -0.3 is 9.64 Å². The number of halogens is 2. The van der Waals surface area contributed by atoms with E-state index in [9.17, 15) is 9.59 Å². The Morgan fingerprint density at radius 2 is 1.92 bits per heavy atom. The van der Waals surface area contributed by atoms with Crippen LogP contribution >= 0.6 is 27.5 Å². The number of carbonyl (C=O) groups is 2. The lowest BCUT2D eigenvalue weighted by Gasteiger charge is -2.37. The van der Waals surface area contributed by atoms with Crippen molar-refractivity contribution in [2.45, 2.75) is 32.3 Å².